The van der Waals surface area contributed by atoms with E-state index in [1.807, 2.05) is 19.9 Å². The molecule has 2 aliphatic rings. The number of fused-ring (bicyclic) bond motifs is 2. The third-order valence-corrected chi connectivity index (χ3v) is 4.03. The van der Waals surface area contributed by atoms with Crippen molar-refractivity contribution in [3.63, 3.8) is 0 Å². The SMILES string of the molecule is CC(C)OC(=O)c1cccnc1N1CC2CCC1C2. The van der Waals surface area contributed by atoms with Crippen LogP contribution >= 0.6 is 0 Å². The van der Waals surface area contributed by atoms with E-state index in [0.29, 0.717) is 11.6 Å². The van der Waals surface area contributed by atoms with E-state index in [1.165, 1.54) is 19.3 Å². The van der Waals surface area contributed by atoms with Crippen molar-refractivity contribution in [2.75, 3.05) is 11.4 Å². The second-order valence-corrected chi connectivity index (χ2v) is 5.81. The highest BCUT2D eigenvalue weighted by atomic mass is 16.5. The number of ether oxygens (including phenoxy) is 1. The number of esters is 1. The van der Waals surface area contributed by atoms with Crippen molar-refractivity contribution in [3.05, 3.63) is 23.9 Å². The highest BCUT2D eigenvalue weighted by Gasteiger charge is 2.39. The summed E-state index contributed by atoms with van der Waals surface area (Å²) in [7, 11) is 0. The number of carbonyl (C=O) groups is 1. The van der Waals surface area contributed by atoms with E-state index in [-0.39, 0.29) is 12.1 Å². The minimum atomic E-state index is -0.263. The van der Waals surface area contributed by atoms with E-state index >= 15 is 0 Å². The zero-order valence-corrected chi connectivity index (χ0v) is 11.5. The van der Waals surface area contributed by atoms with Crippen molar-refractivity contribution < 1.29 is 9.53 Å². The van der Waals surface area contributed by atoms with E-state index in [0.717, 1.165) is 18.3 Å². The fourth-order valence-corrected chi connectivity index (χ4v) is 3.25. The Morgan fingerprint density at radius 1 is 1.47 bits per heavy atom. The maximum atomic E-state index is 12.1. The Balaban J connectivity index is 1.87. The van der Waals surface area contributed by atoms with Crippen molar-refractivity contribution in [1.82, 2.24) is 4.98 Å². The van der Waals surface area contributed by atoms with Gasteiger partial charge in [-0.2, -0.15) is 0 Å². The summed E-state index contributed by atoms with van der Waals surface area (Å²) in [6.07, 6.45) is 5.44. The van der Waals surface area contributed by atoms with Crippen LogP contribution in [-0.2, 0) is 4.74 Å². The van der Waals surface area contributed by atoms with E-state index in [1.54, 1.807) is 12.3 Å². The fraction of sp³-hybridized carbons (Fsp3) is 0.600. The molecule has 0 radical (unpaired) electrons. The number of pyridine rings is 1. The molecule has 1 aliphatic carbocycles. The normalized spacial score (nSPS) is 25.1. The van der Waals surface area contributed by atoms with Gasteiger partial charge in [0.2, 0.25) is 0 Å². The minimum Gasteiger partial charge on any atom is -0.459 e. The molecule has 0 amide bonds. The van der Waals surface area contributed by atoms with Crippen molar-refractivity contribution in [2.45, 2.75) is 45.3 Å². The van der Waals surface area contributed by atoms with Gasteiger partial charge < -0.3 is 9.64 Å². The highest BCUT2D eigenvalue weighted by molar-refractivity contribution is 5.95. The number of carbonyl (C=O) groups excluding carboxylic acids is 1. The molecule has 1 saturated carbocycles. The summed E-state index contributed by atoms with van der Waals surface area (Å²) in [5.74, 6) is 1.32. The van der Waals surface area contributed by atoms with Gasteiger partial charge >= 0.3 is 5.97 Å². The Morgan fingerprint density at radius 2 is 2.32 bits per heavy atom. The number of piperidine rings is 1. The maximum absolute atomic E-state index is 12.1. The first-order chi connectivity index (χ1) is 9.15. The van der Waals surface area contributed by atoms with Gasteiger partial charge in [-0.3, -0.25) is 0 Å². The average Bonchev–Trinajstić information content (AvgIpc) is 3.00. The van der Waals surface area contributed by atoms with Crippen LogP contribution in [0.1, 0.15) is 43.5 Å². The number of aromatic nitrogens is 1. The van der Waals surface area contributed by atoms with Gasteiger partial charge in [-0.1, -0.05) is 0 Å². The van der Waals surface area contributed by atoms with Gasteiger partial charge in [-0.25, -0.2) is 9.78 Å². The van der Waals surface area contributed by atoms with Crippen molar-refractivity contribution >= 4 is 11.8 Å². The van der Waals surface area contributed by atoms with Crippen LogP contribution in [0, 0.1) is 5.92 Å². The molecule has 2 unspecified atom stereocenters. The predicted molar refractivity (Wildman–Crippen MR) is 73.3 cm³/mol. The molecule has 1 saturated heterocycles. The number of nitrogens with zero attached hydrogens (tertiary/aromatic N) is 2. The largest absolute Gasteiger partial charge is 0.459 e. The number of anilines is 1. The molecule has 2 fully saturated rings. The standard InChI is InChI=1S/C15H20N2O2/c1-10(2)19-15(18)13-4-3-7-16-14(13)17-9-11-5-6-12(17)8-11/h3-4,7,10-12H,5-6,8-9H2,1-2H3. The predicted octanol–water partition coefficient (Wildman–Crippen LogP) is 2.64. The summed E-state index contributed by atoms with van der Waals surface area (Å²) in [6, 6.07) is 4.18. The molecule has 0 aromatic carbocycles. The summed E-state index contributed by atoms with van der Waals surface area (Å²) in [5, 5.41) is 0. The van der Waals surface area contributed by atoms with E-state index < -0.39 is 0 Å². The zero-order chi connectivity index (χ0) is 13.4. The molecule has 4 heteroatoms. The summed E-state index contributed by atoms with van der Waals surface area (Å²) in [6.45, 7) is 4.77. The van der Waals surface area contributed by atoms with Crippen LogP contribution in [0.5, 0.6) is 0 Å². The Bertz CT molecular complexity index is 487. The van der Waals surface area contributed by atoms with Crippen LogP contribution in [0.25, 0.3) is 0 Å². The molecule has 1 aromatic rings. The van der Waals surface area contributed by atoms with Gasteiger partial charge in [-0.05, 0) is 51.2 Å². The fourth-order valence-electron chi connectivity index (χ4n) is 3.25. The third kappa shape index (κ3) is 2.31. The highest BCUT2D eigenvalue weighted by Crippen LogP contribution is 2.40. The lowest BCUT2D eigenvalue weighted by atomic mass is 10.1. The molecule has 1 aliphatic heterocycles. The Hall–Kier alpha value is -1.58. The van der Waals surface area contributed by atoms with Gasteiger partial charge in [-0.15, -0.1) is 0 Å². The summed E-state index contributed by atoms with van der Waals surface area (Å²) >= 11 is 0. The molecule has 4 nitrogen and oxygen atoms in total. The van der Waals surface area contributed by atoms with Gasteiger partial charge in [0.25, 0.3) is 0 Å². The van der Waals surface area contributed by atoms with Crippen LogP contribution in [0.3, 0.4) is 0 Å². The lowest BCUT2D eigenvalue weighted by Gasteiger charge is -2.29. The van der Waals surface area contributed by atoms with Crippen LogP contribution in [0.2, 0.25) is 0 Å². The summed E-state index contributed by atoms with van der Waals surface area (Å²) in [5.41, 5.74) is 0.601. The minimum absolute atomic E-state index is 0.101. The van der Waals surface area contributed by atoms with Crippen LogP contribution in [0.15, 0.2) is 18.3 Å². The Morgan fingerprint density at radius 3 is 2.95 bits per heavy atom. The number of rotatable bonds is 3. The van der Waals surface area contributed by atoms with Crippen LogP contribution in [-0.4, -0.2) is 29.6 Å². The first kappa shape index (κ1) is 12.5. The van der Waals surface area contributed by atoms with Crippen LogP contribution < -0.4 is 4.90 Å². The molecular weight excluding hydrogens is 240 g/mol. The molecule has 1 aromatic heterocycles. The molecule has 19 heavy (non-hydrogen) atoms. The van der Waals surface area contributed by atoms with Gasteiger partial charge in [0.1, 0.15) is 11.4 Å². The molecule has 102 valence electrons. The molecule has 2 heterocycles. The molecule has 0 N–H and O–H groups in total. The first-order valence-corrected chi connectivity index (χ1v) is 7.08. The van der Waals surface area contributed by atoms with Gasteiger partial charge in [0.05, 0.1) is 6.10 Å². The third-order valence-electron chi connectivity index (χ3n) is 4.03. The van der Waals surface area contributed by atoms with Gasteiger partial charge in [0.15, 0.2) is 0 Å². The number of hydrogen-bond acceptors (Lipinski definition) is 4. The molecule has 0 spiro atoms. The van der Waals surface area contributed by atoms with E-state index in [2.05, 4.69) is 9.88 Å². The average molecular weight is 260 g/mol. The second kappa shape index (κ2) is 4.83. The van der Waals surface area contributed by atoms with E-state index in [4.69, 9.17) is 4.74 Å². The lowest BCUT2D eigenvalue weighted by molar-refractivity contribution is 0.0378. The molecule has 2 atom stereocenters. The first-order valence-electron chi connectivity index (χ1n) is 7.08. The second-order valence-electron chi connectivity index (χ2n) is 5.81. The van der Waals surface area contributed by atoms with Crippen molar-refractivity contribution in [3.8, 4) is 0 Å². The molecule has 3 rings (SSSR count). The maximum Gasteiger partial charge on any atom is 0.342 e. The van der Waals surface area contributed by atoms with Crippen LogP contribution in [0.4, 0.5) is 5.82 Å². The summed E-state index contributed by atoms with van der Waals surface area (Å²) < 4.78 is 5.31. The smallest absolute Gasteiger partial charge is 0.342 e. The van der Waals surface area contributed by atoms with Gasteiger partial charge in [0, 0.05) is 18.8 Å². The topological polar surface area (TPSA) is 42.4 Å². The Kier molecular flexibility index (Phi) is 3.17. The van der Waals surface area contributed by atoms with Crippen molar-refractivity contribution in [2.24, 2.45) is 5.92 Å². The lowest BCUT2D eigenvalue weighted by Crippen LogP contribution is -2.34. The zero-order valence-electron chi connectivity index (χ0n) is 11.5. The molecular formula is C15H20N2O2. The monoisotopic (exact) mass is 260 g/mol. The van der Waals surface area contributed by atoms with Crippen molar-refractivity contribution in [1.29, 1.82) is 0 Å². The number of hydrogen-bond donors (Lipinski definition) is 0. The molecule has 2 bridgehead atoms. The summed E-state index contributed by atoms with van der Waals surface area (Å²) in [4.78, 5) is 18.9. The van der Waals surface area contributed by atoms with E-state index in [9.17, 15) is 4.79 Å². The Labute approximate surface area is 113 Å². The quantitative estimate of drug-likeness (QED) is 0.784.